The molecule has 2 atom stereocenters. The van der Waals surface area contributed by atoms with Gasteiger partial charge in [0.2, 0.25) is 0 Å². The molecule has 1 aliphatic rings. The van der Waals surface area contributed by atoms with Gasteiger partial charge >= 0.3 is 0 Å². The first kappa shape index (κ1) is 23.2. The highest BCUT2D eigenvalue weighted by Crippen LogP contribution is 2.36. The molecule has 174 valence electrons. The second-order valence-corrected chi connectivity index (χ2v) is 9.65. The predicted molar refractivity (Wildman–Crippen MR) is 139 cm³/mol. The van der Waals surface area contributed by atoms with Crippen molar-refractivity contribution >= 4 is 17.1 Å². The molecular weight excluding hydrogens is 406 g/mol. The first-order valence-corrected chi connectivity index (χ1v) is 12.1. The average molecular weight is 444 g/mol. The maximum absolute atomic E-state index is 10.8. The average Bonchev–Trinajstić information content (AvgIpc) is 2.85. The fourth-order valence-corrected chi connectivity index (χ4v) is 5.45. The van der Waals surface area contributed by atoms with Crippen LogP contribution in [0.25, 0.3) is 0 Å². The van der Waals surface area contributed by atoms with E-state index in [0.717, 1.165) is 31.6 Å². The minimum atomic E-state index is 0.465. The molecule has 0 radical (unpaired) electrons. The quantitative estimate of drug-likeness (QED) is 0.400. The first-order chi connectivity index (χ1) is 16.1. The fraction of sp³-hybridized carbons (Fsp3) is 0.379. The number of para-hydroxylation sites is 3. The van der Waals surface area contributed by atoms with E-state index in [0.29, 0.717) is 24.3 Å². The molecule has 3 aromatic rings. The van der Waals surface area contributed by atoms with Crippen molar-refractivity contribution in [3.63, 3.8) is 0 Å². The predicted octanol–water partition coefficient (Wildman–Crippen LogP) is 6.19. The molecule has 33 heavy (non-hydrogen) atoms. The van der Waals surface area contributed by atoms with Crippen LogP contribution in [0.4, 0.5) is 17.1 Å². The Morgan fingerprint density at radius 1 is 0.545 bits per heavy atom. The van der Waals surface area contributed by atoms with Crippen molar-refractivity contribution in [2.75, 3.05) is 48.6 Å². The summed E-state index contributed by atoms with van der Waals surface area (Å²) in [4.78, 5) is 4.78. The smallest absolute Gasteiger partial charge is 0.0634 e. The summed E-state index contributed by atoms with van der Waals surface area (Å²) in [5.74, 6) is 1.67. The van der Waals surface area contributed by atoms with Crippen LogP contribution in [-0.4, -0.2) is 38.9 Å². The molecule has 1 saturated carbocycles. The van der Waals surface area contributed by atoms with Crippen LogP contribution in [-0.2, 0) is 0 Å². The molecule has 0 heterocycles. The van der Waals surface area contributed by atoms with Crippen LogP contribution in [0.3, 0.4) is 0 Å². The third kappa shape index (κ3) is 6.52. The highest BCUT2D eigenvalue weighted by atomic mass is 16.5. The molecule has 1 aliphatic carbocycles. The van der Waals surface area contributed by atoms with Gasteiger partial charge in [0.15, 0.2) is 0 Å². The van der Waals surface area contributed by atoms with Crippen molar-refractivity contribution in [1.82, 2.24) is 0 Å². The molecule has 2 unspecified atom stereocenters. The van der Waals surface area contributed by atoms with Gasteiger partial charge in [-0.2, -0.15) is 0 Å². The van der Waals surface area contributed by atoms with E-state index in [1.165, 1.54) is 22.9 Å². The molecule has 0 amide bonds. The molecule has 4 nitrogen and oxygen atoms in total. The highest BCUT2D eigenvalue weighted by molar-refractivity contribution is 5.46. The Kier molecular flexibility index (Phi) is 7.90. The molecule has 0 aromatic heterocycles. The van der Waals surface area contributed by atoms with Crippen molar-refractivity contribution in [3.05, 3.63) is 91.0 Å². The summed E-state index contributed by atoms with van der Waals surface area (Å²) in [6.07, 6.45) is 3.51. The van der Waals surface area contributed by atoms with Gasteiger partial charge in [0.05, 0.1) is 5.69 Å². The SMILES string of the molecule is CN(CC1CC(CN(C)c2ccccc2)CC(CN(O)c2ccccc2)C1)c1ccccc1. The number of rotatable bonds is 9. The van der Waals surface area contributed by atoms with Crippen LogP contribution in [0.15, 0.2) is 91.0 Å². The summed E-state index contributed by atoms with van der Waals surface area (Å²) < 4.78 is 0. The van der Waals surface area contributed by atoms with E-state index in [4.69, 9.17) is 0 Å². The molecule has 0 saturated heterocycles. The van der Waals surface area contributed by atoms with Crippen LogP contribution in [0, 0.1) is 17.8 Å². The van der Waals surface area contributed by atoms with Crippen molar-refractivity contribution in [2.45, 2.75) is 19.3 Å². The number of hydroxylamine groups is 1. The van der Waals surface area contributed by atoms with Gasteiger partial charge in [-0.1, -0.05) is 54.6 Å². The standard InChI is InChI=1S/C29H37N3O/c1-30(27-12-6-3-7-13-27)21-24-18-25(22-31(2)28-14-8-4-9-15-28)20-26(19-24)23-32(33)29-16-10-5-11-17-29/h3-17,24-26,33H,18-23H2,1-2H3. The van der Waals surface area contributed by atoms with Crippen LogP contribution in [0.1, 0.15) is 19.3 Å². The van der Waals surface area contributed by atoms with E-state index < -0.39 is 0 Å². The highest BCUT2D eigenvalue weighted by Gasteiger charge is 2.31. The summed E-state index contributed by atoms with van der Waals surface area (Å²) in [5.41, 5.74) is 3.41. The third-order valence-electron chi connectivity index (χ3n) is 6.94. The number of benzene rings is 3. The van der Waals surface area contributed by atoms with Gasteiger partial charge in [-0.25, -0.2) is 0 Å². The summed E-state index contributed by atoms with van der Waals surface area (Å²) in [7, 11) is 4.40. The summed E-state index contributed by atoms with van der Waals surface area (Å²) in [5, 5.41) is 12.2. The Morgan fingerprint density at radius 3 is 1.27 bits per heavy atom. The van der Waals surface area contributed by atoms with Gasteiger partial charge in [-0.15, -0.1) is 0 Å². The molecular formula is C29H37N3O. The molecule has 1 fully saturated rings. The van der Waals surface area contributed by atoms with Crippen molar-refractivity contribution in [2.24, 2.45) is 17.8 Å². The zero-order valence-electron chi connectivity index (χ0n) is 19.9. The van der Waals surface area contributed by atoms with Gasteiger partial charge in [-0.3, -0.25) is 10.3 Å². The number of hydrogen-bond donors (Lipinski definition) is 1. The van der Waals surface area contributed by atoms with Gasteiger partial charge in [0.1, 0.15) is 0 Å². The number of hydrogen-bond acceptors (Lipinski definition) is 4. The molecule has 4 heteroatoms. The molecule has 0 spiro atoms. The Balaban J connectivity index is 1.44. The van der Waals surface area contributed by atoms with E-state index in [1.807, 2.05) is 30.3 Å². The second-order valence-electron chi connectivity index (χ2n) is 9.65. The lowest BCUT2D eigenvalue weighted by Gasteiger charge is -2.40. The maximum Gasteiger partial charge on any atom is 0.0634 e. The van der Waals surface area contributed by atoms with Gasteiger partial charge in [0.25, 0.3) is 0 Å². The topological polar surface area (TPSA) is 30.0 Å². The minimum Gasteiger partial charge on any atom is -0.374 e. The monoisotopic (exact) mass is 443 g/mol. The third-order valence-corrected chi connectivity index (χ3v) is 6.94. The molecule has 4 rings (SSSR count). The Morgan fingerprint density at radius 2 is 0.879 bits per heavy atom. The lowest BCUT2D eigenvalue weighted by atomic mass is 9.74. The lowest BCUT2D eigenvalue weighted by molar-refractivity contribution is 0.163. The number of anilines is 3. The summed E-state index contributed by atoms with van der Waals surface area (Å²) in [6, 6.07) is 31.2. The van der Waals surface area contributed by atoms with E-state index in [2.05, 4.69) is 84.6 Å². The van der Waals surface area contributed by atoms with Crippen LogP contribution in [0.2, 0.25) is 0 Å². The van der Waals surface area contributed by atoms with Crippen molar-refractivity contribution in [1.29, 1.82) is 0 Å². The Bertz CT molecular complexity index is 817. The maximum atomic E-state index is 10.8. The zero-order valence-corrected chi connectivity index (χ0v) is 19.9. The van der Waals surface area contributed by atoms with E-state index in [9.17, 15) is 5.21 Å². The lowest BCUT2D eigenvalue weighted by Crippen LogP contribution is -2.39. The molecule has 3 aromatic carbocycles. The fourth-order valence-electron chi connectivity index (χ4n) is 5.45. The van der Waals surface area contributed by atoms with Crippen LogP contribution < -0.4 is 14.9 Å². The van der Waals surface area contributed by atoms with E-state index in [-0.39, 0.29) is 0 Å². The van der Waals surface area contributed by atoms with Gasteiger partial charge in [-0.05, 0) is 73.4 Å². The van der Waals surface area contributed by atoms with Crippen molar-refractivity contribution in [3.8, 4) is 0 Å². The van der Waals surface area contributed by atoms with Crippen LogP contribution in [0.5, 0.6) is 0 Å². The molecule has 0 bridgehead atoms. The van der Waals surface area contributed by atoms with E-state index in [1.54, 1.807) is 0 Å². The first-order valence-electron chi connectivity index (χ1n) is 12.1. The Hall–Kier alpha value is -2.98. The second kappa shape index (κ2) is 11.2. The zero-order chi connectivity index (χ0) is 23.0. The summed E-state index contributed by atoms with van der Waals surface area (Å²) >= 11 is 0. The van der Waals surface area contributed by atoms with Crippen molar-refractivity contribution < 1.29 is 5.21 Å². The molecule has 1 N–H and O–H groups in total. The largest absolute Gasteiger partial charge is 0.374 e. The normalized spacial score (nSPS) is 20.3. The van der Waals surface area contributed by atoms with Gasteiger partial charge in [0, 0.05) is 45.1 Å². The minimum absolute atomic E-state index is 0.465. The van der Waals surface area contributed by atoms with Gasteiger partial charge < -0.3 is 9.80 Å². The summed E-state index contributed by atoms with van der Waals surface area (Å²) in [6.45, 7) is 2.77. The number of nitrogens with zero attached hydrogens (tertiary/aromatic N) is 3. The van der Waals surface area contributed by atoms with Crippen LogP contribution >= 0.6 is 0 Å². The molecule has 0 aliphatic heterocycles. The van der Waals surface area contributed by atoms with E-state index >= 15 is 0 Å². The Labute approximate surface area is 199 Å².